The normalized spacial score (nSPS) is 16.7. The zero-order valence-electron chi connectivity index (χ0n) is 10.9. The molecule has 4 heteroatoms. The van der Waals surface area contributed by atoms with Crippen LogP contribution < -0.4 is 4.90 Å². The van der Waals surface area contributed by atoms with Gasteiger partial charge in [0.15, 0.2) is 5.13 Å². The van der Waals surface area contributed by atoms with E-state index in [-0.39, 0.29) is 0 Å². The van der Waals surface area contributed by atoms with Crippen molar-refractivity contribution in [3.05, 3.63) is 24.3 Å². The summed E-state index contributed by atoms with van der Waals surface area (Å²) in [4.78, 5) is 9.54. The molecule has 0 saturated carbocycles. The maximum absolute atomic E-state index is 5.31. The molecule has 0 atom stereocenters. The maximum Gasteiger partial charge on any atom is 0.186 e. The van der Waals surface area contributed by atoms with Crippen LogP contribution in [0.4, 0.5) is 5.13 Å². The van der Waals surface area contributed by atoms with E-state index in [4.69, 9.17) is 11.4 Å². The van der Waals surface area contributed by atoms with Crippen LogP contribution in [0.2, 0.25) is 0 Å². The third-order valence-corrected chi connectivity index (χ3v) is 4.59. The van der Waals surface area contributed by atoms with Crippen LogP contribution in [0.25, 0.3) is 10.2 Å². The van der Waals surface area contributed by atoms with Gasteiger partial charge in [0.2, 0.25) is 0 Å². The highest BCUT2D eigenvalue weighted by molar-refractivity contribution is 7.22. The van der Waals surface area contributed by atoms with Crippen LogP contribution in [0.1, 0.15) is 6.42 Å². The monoisotopic (exact) mass is 271 g/mol. The number of rotatable bonds is 3. The van der Waals surface area contributed by atoms with Crippen molar-refractivity contribution in [3.8, 4) is 12.3 Å². The molecule has 98 valence electrons. The number of thiazole rings is 1. The number of piperazine rings is 1. The van der Waals surface area contributed by atoms with E-state index in [0.717, 1.165) is 49.8 Å². The third-order valence-electron chi connectivity index (χ3n) is 3.50. The standard InChI is InChI=1S/C15H17N3S/c1-2-3-8-17-9-11-18(12-10-17)15-16-13-6-4-5-7-14(13)19-15/h1,4-7H,3,8-12H2. The van der Waals surface area contributed by atoms with E-state index in [1.165, 1.54) is 4.70 Å². The molecule has 3 nitrogen and oxygen atoms in total. The summed E-state index contributed by atoms with van der Waals surface area (Å²) in [7, 11) is 0. The fourth-order valence-corrected chi connectivity index (χ4v) is 3.40. The van der Waals surface area contributed by atoms with Crippen molar-refractivity contribution in [1.82, 2.24) is 9.88 Å². The molecular formula is C15H17N3S. The second-order valence-corrected chi connectivity index (χ2v) is 5.76. The molecule has 19 heavy (non-hydrogen) atoms. The summed E-state index contributed by atoms with van der Waals surface area (Å²) in [5, 5.41) is 1.15. The number of nitrogens with zero attached hydrogens (tertiary/aromatic N) is 3. The van der Waals surface area contributed by atoms with Crippen molar-refractivity contribution in [2.75, 3.05) is 37.6 Å². The number of benzene rings is 1. The van der Waals surface area contributed by atoms with Gasteiger partial charge in [-0.2, -0.15) is 0 Å². The molecule has 1 aromatic carbocycles. The summed E-state index contributed by atoms with van der Waals surface area (Å²) in [5.41, 5.74) is 1.11. The van der Waals surface area contributed by atoms with Gasteiger partial charge in [-0.05, 0) is 12.1 Å². The molecule has 3 rings (SSSR count). The van der Waals surface area contributed by atoms with Gasteiger partial charge in [-0.1, -0.05) is 23.5 Å². The smallest absolute Gasteiger partial charge is 0.186 e. The van der Waals surface area contributed by atoms with Gasteiger partial charge in [0, 0.05) is 39.1 Å². The lowest BCUT2D eigenvalue weighted by Gasteiger charge is -2.34. The van der Waals surface area contributed by atoms with E-state index in [2.05, 4.69) is 33.9 Å². The quantitative estimate of drug-likeness (QED) is 0.799. The van der Waals surface area contributed by atoms with Crippen molar-refractivity contribution >= 4 is 26.7 Å². The van der Waals surface area contributed by atoms with Crippen LogP contribution in [0.5, 0.6) is 0 Å². The molecule has 1 saturated heterocycles. The second kappa shape index (κ2) is 5.60. The highest BCUT2D eigenvalue weighted by Crippen LogP contribution is 2.28. The Bertz CT molecular complexity index is 558. The summed E-state index contributed by atoms with van der Waals surface area (Å²) < 4.78 is 1.27. The summed E-state index contributed by atoms with van der Waals surface area (Å²) in [5.74, 6) is 2.71. The fraction of sp³-hybridized carbons (Fsp3) is 0.400. The summed E-state index contributed by atoms with van der Waals surface area (Å²) in [6.45, 7) is 5.27. The minimum Gasteiger partial charge on any atom is -0.345 e. The molecule has 0 aliphatic carbocycles. The van der Waals surface area contributed by atoms with Gasteiger partial charge in [-0.25, -0.2) is 4.98 Å². The molecule has 0 amide bonds. The van der Waals surface area contributed by atoms with E-state index >= 15 is 0 Å². The van der Waals surface area contributed by atoms with E-state index < -0.39 is 0 Å². The molecule has 0 spiro atoms. The summed E-state index contributed by atoms with van der Waals surface area (Å²) in [6, 6.07) is 8.34. The van der Waals surface area contributed by atoms with Gasteiger partial charge in [-0.15, -0.1) is 12.3 Å². The molecule has 2 aromatic rings. The summed E-state index contributed by atoms with van der Waals surface area (Å²) in [6.07, 6.45) is 6.16. The Balaban J connectivity index is 1.66. The van der Waals surface area contributed by atoms with E-state index in [0.29, 0.717) is 0 Å². The second-order valence-electron chi connectivity index (χ2n) is 4.75. The summed E-state index contributed by atoms with van der Waals surface area (Å²) >= 11 is 1.79. The van der Waals surface area contributed by atoms with Gasteiger partial charge in [-0.3, -0.25) is 4.90 Å². The van der Waals surface area contributed by atoms with Gasteiger partial charge in [0.25, 0.3) is 0 Å². The van der Waals surface area contributed by atoms with E-state index in [1.54, 1.807) is 11.3 Å². The Morgan fingerprint density at radius 3 is 2.74 bits per heavy atom. The molecule has 0 N–H and O–H groups in total. The highest BCUT2D eigenvalue weighted by atomic mass is 32.1. The van der Waals surface area contributed by atoms with Gasteiger partial charge in [0.1, 0.15) is 0 Å². The first-order chi connectivity index (χ1) is 9.36. The maximum atomic E-state index is 5.31. The van der Waals surface area contributed by atoms with E-state index in [9.17, 15) is 0 Å². The zero-order valence-corrected chi connectivity index (χ0v) is 11.7. The van der Waals surface area contributed by atoms with Gasteiger partial charge in [0.05, 0.1) is 10.2 Å². The van der Waals surface area contributed by atoms with Crippen LogP contribution in [-0.2, 0) is 0 Å². The third kappa shape index (κ3) is 2.73. The van der Waals surface area contributed by atoms with Crippen molar-refractivity contribution < 1.29 is 0 Å². The van der Waals surface area contributed by atoms with Crippen molar-refractivity contribution in [2.45, 2.75) is 6.42 Å². The largest absolute Gasteiger partial charge is 0.345 e. The number of anilines is 1. The molecule has 1 aromatic heterocycles. The predicted octanol–water partition coefficient (Wildman–Crippen LogP) is 2.44. The van der Waals surface area contributed by atoms with Crippen molar-refractivity contribution in [1.29, 1.82) is 0 Å². The van der Waals surface area contributed by atoms with Crippen LogP contribution in [0, 0.1) is 12.3 Å². The molecule has 0 unspecified atom stereocenters. The number of aromatic nitrogens is 1. The number of hydrogen-bond acceptors (Lipinski definition) is 4. The lowest BCUT2D eigenvalue weighted by molar-refractivity contribution is 0.264. The van der Waals surface area contributed by atoms with Crippen LogP contribution in [-0.4, -0.2) is 42.6 Å². The minimum absolute atomic E-state index is 0.848. The Hall–Kier alpha value is -1.57. The Morgan fingerprint density at radius 2 is 2.00 bits per heavy atom. The van der Waals surface area contributed by atoms with Crippen LogP contribution >= 0.6 is 11.3 Å². The number of para-hydroxylation sites is 1. The molecule has 0 bridgehead atoms. The molecule has 1 aliphatic rings. The molecular weight excluding hydrogens is 254 g/mol. The minimum atomic E-state index is 0.848. The van der Waals surface area contributed by atoms with Crippen molar-refractivity contribution in [3.63, 3.8) is 0 Å². The van der Waals surface area contributed by atoms with Crippen LogP contribution in [0.15, 0.2) is 24.3 Å². The number of fused-ring (bicyclic) bond motifs is 1. The first-order valence-corrected chi connectivity index (χ1v) is 7.45. The average molecular weight is 271 g/mol. The SMILES string of the molecule is C#CCCN1CCN(c2nc3ccccc3s2)CC1. The number of hydrogen-bond donors (Lipinski definition) is 0. The van der Waals surface area contributed by atoms with Gasteiger partial charge < -0.3 is 4.90 Å². The lowest BCUT2D eigenvalue weighted by Crippen LogP contribution is -2.46. The highest BCUT2D eigenvalue weighted by Gasteiger charge is 2.19. The topological polar surface area (TPSA) is 19.4 Å². The fourth-order valence-electron chi connectivity index (χ4n) is 2.38. The average Bonchev–Trinajstić information content (AvgIpc) is 2.89. The molecule has 2 heterocycles. The molecule has 0 radical (unpaired) electrons. The van der Waals surface area contributed by atoms with E-state index in [1.807, 2.05) is 6.07 Å². The lowest BCUT2D eigenvalue weighted by atomic mass is 10.3. The zero-order chi connectivity index (χ0) is 13.1. The molecule has 1 aliphatic heterocycles. The Morgan fingerprint density at radius 1 is 1.21 bits per heavy atom. The first-order valence-electron chi connectivity index (χ1n) is 6.63. The van der Waals surface area contributed by atoms with Gasteiger partial charge >= 0.3 is 0 Å². The predicted molar refractivity (Wildman–Crippen MR) is 81.7 cm³/mol. The Labute approximate surface area is 117 Å². The van der Waals surface area contributed by atoms with Crippen molar-refractivity contribution in [2.24, 2.45) is 0 Å². The molecule has 1 fully saturated rings. The Kier molecular flexibility index (Phi) is 3.67. The first kappa shape index (κ1) is 12.5. The number of terminal acetylenes is 1. The van der Waals surface area contributed by atoms with Crippen LogP contribution in [0.3, 0.4) is 0 Å².